The lowest BCUT2D eigenvalue weighted by Gasteiger charge is -2.11. The summed E-state index contributed by atoms with van der Waals surface area (Å²) in [6.07, 6.45) is 0. The second kappa shape index (κ2) is 10.3. The minimum absolute atomic E-state index is 0.162. The molecule has 0 saturated heterocycles. The summed E-state index contributed by atoms with van der Waals surface area (Å²) in [6, 6.07) is 26.5. The SMILES string of the molecule is C/C(=N/Nc1nc2c(c(=O)n(Cc3ccccc3)c(=O)n2C)n1Cc1ccccc1)c1ccc(Cl)cc1. The summed E-state index contributed by atoms with van der Waals surface area (Å²) >= 11 is 6.01. The Hall–Kier alpha value is -4.43. The number of imidazole rings is 1. The fraction of sp³-hybridized carbons (Fsp3) is 0.143. The molecule has 0 aliphatic carbocycles. The van der Waals surface area contributed by atoms with Crippen LogP contribution in [0.5, 0.6) is 0 Å². The first-order valence-corrected chi connectivity index (χ1v) is 12.1. The van der Waals surface area contributed by atoms with Crippen LogP contribution in [0.4, 0.5) is 5.95 Å². The smallest absolute Gasteiger partial charge is 0.298 e. The molecule has 5 aromatic rings. The number of fused-ring (bicyclic) bond motifs is 1. The molecule has 0 saturated carbocycles. The summed E-state index contributed by atoms with van der Waals surface area (Å²) < 4.78 is 4.42. The average Bonchev–Trinajstić information content (AvgIpc) is 3.28. The molecule has 2 aromatic heterocycles. The van der Waals surface area contributed by atoms with Crippen LogP contribution in [0.1, 0.15) is 23.6 Å². The molecule has 37 heavy (non-hydrogen) atoms. The van der Waals surface area contributed by atoms with E-state index in [-0.39, 0.29) is 12.2 Å². The highest BCUT2D eigenvalue weighted by Crippen LogP contribution is 2.19. The molecule has 3 aromatic carbocycles. The number of halogens is 1. The predicted octanol–water partition coefficient (Wildman–Crippen LogP) is 4.48. The van der Waals surface area contributed by atoms with Crippen LogP contribution in [0.25, 0.3) is 11.2 Å². The van der Waals surface area contributed by atoms with Crippen LogP contribution < -0.4 is 16.7 Å². The Bertz CT molecular complexity index is 1700. The topological polar surface area (TPSA) is 86.2 Å². The van der Waals surface area contributed by atoms with E-state index in [9.17, 15) is 9.59 Å². The highest BCUT2D eigenvalue weighted by molar-refractivity contribution is 6.30. The Morgan fingerprint density at radius 2 is 1.43 bits per heavy atom. The molecule has 0 aliphatic heterocycles. The van der Waals surface area contributed by atoms with Gasteiger partial charge >= 0.3 is 5.69 Å². The third-order valence-electron chi connectivity index (χ3n) is 6.19. The fourth-order valence-electron chi connectivity index (χ4n) is 4.17. The summed E-state index contributed by atoms with van der Waals surface area (Å²) in [5, 5.41) is 5.15. The highest BCUT2D eigenvalue weighted by atomic mass is 35.5. The van der Waals surface area contributed by atoms with Gasteiger partial charge in [-0.25, -0.2) is 10.2 Å². The maximum atomic E-state index is 13.7. The Morgan fingerprint density at radius 1 is 0.865 bits per heavy atom. The van der Waals surface area contributed by atoms with Crippen molar-refractivity contribution in [3.05, 3.63) is 127 Å². The van der Waals surface area contributed by atoms with Crippen molar-refractivity contribution < 1.29 is 0 Å². The van der Waals surface area contributed by atoms with Crippen LogP contribution in [0, 0.1) is 0 Å². The molecule has 5 rings (SSSR count). The molecule has 0 atom stereocenters. The van der Waals surface area contributed by atoms with Gasteiger partial charge in [-0.2, -0.15) is 10.1 Å². The van der Waals surface area contributed by atoms with Crippen LogP contribution in [0.2, 0.25) is 5.02 Å². The minimum atomic E-state index is -0.432. The zero-order chi connectivity index (χ0) is 25.9. The maximum Gasteiger partial charge on any atom is 0.332 e. The van der Waals surface area contributed by atoms with E-state index in [2.05, 4.69) is 15.5 Å². The van der Waals surface area contributed by atoms with E-state index in [1.165, 1.54) is 9.13 Å². The zero-order valence-corrected chi connectivity index (χ0v) is 21.2. The fourth-order valence-corrected chi connectivity index (χ4v) is 4.30. The Labute approximate surface area is 218 Å². The number of anilines is 1. The highest BCUT2D eigenvalue weighted by Gasteiger charge is 2.21. The van der Waals surface area contributed by atoms with Crippen LogP contribution in [0.15, 0.2) is 99.6 Å². The quantitative estimate of drug-likeness (QED) is 0.257. The Morgan fingerprint density at radius 3 is 2.03 bits per heavy atom. The first-order valence-electron chi connectivity index (χ1n) is 11.8. The molecule has 2 heterocycles. The summed E-state index contributed by atoms with van der Waals surface area (Å²) in [6.45, 7) is 2.40. The van der Waals surface area contributed by atoms with Crippen molar-refractivity contribution in [1.29, 1.82) is 0 Å². The summed E-state index contributed by atoms with van der Waals surface area (Å²) in [4.78, 5) is 31.5. The van der Waals surface area contributed by atoms with Gasteiger partial charge < -0.3 is 0 Å². The first-order chi connectivity index (χ1) is 17.9. The number of aryl methyl sites for hydroxylation is 1. The summed E-state index contributed by atoms with van der Waals surface area (Å²) in [5.41, 5.74) is 6.23. The van der Waals surface area contributed by atoms with E-state index in [1.54, 1.807) is 23.7 Å². The van der Waals surface area contributed by atoms with Gasteiger partial charge in [-0.15, -0.1) is 0 Å². The molecular formula is C28H25ClN6O2. The molecule has 0 radical (unpaired) electrons. The molecule has 0 bridgehead atoms. The van der Waals surface area contributed by atoms with E-state index in [1.807, 2.05) is 79.7 Å². The number of nitrogens with zero attached hydrogens (tertiary/aromatic N) is 5. The van der Waals surface area contributed by atoms with Gasteiger partial charge in [-0.05, 0) is 35.7 Å². The number of benzene rings is 3. The van der Waals surface area contributed by atoms with Crippen molar-refractivity contribution in [3.63, 3.8) is 0 Å². The van der Waals surface area contributed by atoms with E-state index in [0.29, 0.717) is 28.7 Å². The monoisotopic (exact) mass is 512 g/mol. The molecule has 0 unspecified atom stereocenters. The molecule has 0 fully saturated rings. The van der Waals surface area contributed by atoms with E-state index in [0.717, 1.165) is 16.7 Å². The van der Waals surface area contributed by atoms with E-state index >= 15 is 0 Å². The lowest BCUT2D eigenvalue weighted by molar-refractivity contribution is 0.653. The number of hydrazone groups is 1. The van der Waals surface area contributed by atoms with Crippen LogP contribution in [0.3, 0.4) is 0 Å². The van der Waals surface area contributed by atoms with Crippen LogP contribution in [-0.4, -0.2) is 24.4 Å². The van der Waals surface area contributed by atoms with Crippen molar-refractivity contribution in [1.82, 2.24) is 18.7 Å². The van der Waals surface area contributed by atoms with E-state index < -0.39 is 11.2 Å². The summed E-state index contributed by atoms with van der Waals surface area (Å²) in [7, 11) is 1.62. The number of hydrogen-bond acceptors (Lipinski definition) is 5. The first kappa shape index (κ1) is 24.3. The lowest BCUT2D eigenvalue weighted by atomic mass is 10.1. The minimum Gasteiger partial charge on any atom is -0.298 e. The molecule has 1 N–H and O–H groups in total. The Kier molecular flexibility index (Phi) is 6.74. The van der Waals surface area contributed by atoms with Gasteiger partial charge in [0.05, 0.1) is 18.8 Å². The average molecular weight is 513 g/mol. The molecule has 0 spiro atoms. The standard InChI is InChI=1S/C28H25ClN6O2/c1-19(22-13-15-23(29)16-14-22)31-32-27-30-25-24(34(27)17-20-9-5-3-6-10-20)26(36)35(28(37)33(25)2)18-21-11-7-4-8-12-21/h3-16H,17-18H2,1-2H3,(H,30,32)/b31-19-. The third kappa shape index (κ3) is 4.96. The molecular weight excluding hydrogens is 488 g/mol. The van der Waals surface area contributed by atoms with Crippen LogP contribution in [-0.2, 0) is 20.1 Å². The third-order valence-corrected chi connectivity index (χ3v) is 6.44. The molecule has 8 nitrogen and oxygen atoms in total. The van der Waals surface area contributed by atoms with Crippen molar-refractivity contribution in [2.24, 2.45) is 12.1 Å². The van der Waals surface area contributed by atoms with Gasteiger partial charge in [0.15, 0.2) is 11.2 Å². The Balaban J connectivity index is 1.65. The van der Waals surface area contributed by atoms with Crippen molar-refractivity contribution in [2.45, 2.75) is 20.0 Å². The molecule has 9 heteroatoms. The van der Waals surface area contributed by atoms with Gasteiger partial charge in [0.25, 0.3) is 5.56 Å². The molecule has 0 aliphatic rings. The zero-order valence-electron chi connectivity index (χ0n) is 20.4. The van der Waals surface area contributed by atoms with E-state index in [4.69, 9.17) is 11.6 Å². The van der Waals surface area contributed by atoms with Gasteiger partial charge in [-0.1, -0.05) is 84.4 Å². The largest absolute Gasteiger partial charge is 0.332 e. The van der Waals surface area contributed by atoms with Gasteiger partial charge in [-0.3, -0.25) is 18.5 Å². The number of nitrogens with one attached hydrogen (secondary N) is 1. The normalized spacial score (nSPS) is 11.7. The summed E-state index contributed by atoms with van der Waals surface area (Å²) in [5.74, 6) is 0.358. The van der Waals surface area contributed by atoms with Crippen LogP contribution >= 0.6 is 11.6 Å². The maximum absolute atomic E-state index is 13.7. The van der Waals surface area contributed by atoms with Crippen molar-refractivity contribution in [3.8, 4) is 0 Å². The second-order valence-electron chi connectivity index (χ2n) is 8.71. The molecule has 0 amide bonds. The van der Waals surface area contributed by atoms with Gasteiger partial charge in [0, 0.05) is 12.1 Å². The number of hydrogen-bond donors (Lipinski definition) is 1. The lowest BCUT2D eigenvalue weighted by Crippen LogP contribution is -2.40. The second-order valence-corrected chi connectivity index (χ2v) is 9.15. The van der Waals surface area contributed by atoms with Gasteiger partial charge in [0.1, 0.15) is 0 Å². The number of rotatable bonds is 7. The van der Waals surface area contributed by atoms with Crippen molar-refractivity contribution in [2.75, 3.05) is 5.43 Å². The van der Waals surface area contributed by atoms with Crippen molar-refractivity contribution >= 4 is 34.4 Å². The van der Waals surface area contributed by atoms with Gasteiger partial charge in [0.2, 0.25) is 5.95 Å². The molecule has 186 valence electrons. The predicted molar refractivity (Wildman–Crippen MR) is 148 cm³/mol. The number of aromatic nitrogens is 4.